The summed E-state index contributed by atoms with van der Waals surface area (Å²) in [5.74, 6) is -0.481. The quantitative estimate of drug-likeness (QED) is 0.772. The molecule has 1 N–H and O–H groups in total. The molecule has 1 amide bonds. The molecule has 0 saturated carbocycles. The summed E-state index contributed by atoms with van der Waals surface area (Å²) in [6.45, 7) is 3.18. The number of ether oxygens (including phenoxy) is 1. The van der Waals surface area contributed by atoms with E-state index in [1.54, 1.807) is 4.90 Å². The number of amides is 1. The van der Waals surface area contributed by atoms with Gasteiger partial charge in [0.2, 0.25) is 5.91 Å². The number of carbonyl (C=O) groups is 2. The fourth-order valence-corrected chi connectivity index (χ4v) is 1.83. The minimum Gasteiger partial charge on any atom is -0.480 e. The topological polar surface area (TPSA) is 66.8 Å². The van der Waals surface area contributed by atoms with Gasteiger partial charge in [-0.05, 0) is 25.2 Å². The maximum Gasteiger partial charge on any atom is 0.329 e. The Morgan fingerprint density at radius 3 is 2.75 bits per heavy atom. The van der Waals surface area contributed by atoms with Crippen LogP contribution < -0.4 is 0 Å². The minimum absolute atomic E-state index is 0.102. The second-order valence-corrected chi connectivity index (χ2v) is 4.30. The average Bonchev–Trinajstić information content (AvgIpc) is 2.42. The van der Waals surface area contributed by atoms with E-state index in [0.717, 1.165) is 32.4 Å². The molecule has 1 atom stereocenters. The smallest absolute Gasteiger partial charge is 0.329 e. The molecule has 0 bridgehead atoms. The Labute approximate surface area is 95.4 Å². The van der Waals surface area contributed by atoms with Crippen LogP contribution in [-0.2, 0) is 14.3 Å². The zero-order chi connectivity index (χ0) is 12.0. The molecule has 16 heavy (non-hydrogen) atoms. The van der Waals surface area contributed by atoms with E-state index in [9.17, 15) is 9.59 Å². The maximum absolute atomic E-state index is 11.6. The lowest BCUT2D eigenvalue weighted by Gasteiger charge is -2.20. The van der Waals surface area contributed by atoms with Crippen LogP contribution in [0.1, 0.15) is 26.2 Å². The second kappa shape index (κ2) is 6.48. The van der Waals surface area contributed by atoms with Gasteiger partial charge in [-0.1, -0.05) is 6.92 Å². The summed E-state index contributed by atoms with van der Waals surface area (Å²) < 4.78 is 4.79. The van der Waals surface area contributed by atoms with Crippen molar-refractivity contribution in [3.8, 4) is 0 Å². The summed E-state index contributed by atoms with van der Waals surface area (Å²) in [6, 6.07) is 0. The maximum atomic E-state index is 11.6. The van der Waals surface area contributed by atoms with Crippen LogP contribution in [0, 0.1) is 5.92 Å². The van der Waals surface area contributed by atoms with E-state index in [1.165, 1.54) is 0 Å². The summed E-state index contributed by atoms with van der Waals surface area (Å²) in [5, 5.41) is 8.37. The number of carboxylic acid groups (broad SMARTS) is 1. The van der Waals surface area contributed by atoms with Crippen molar-refractivity contribution >= 4 is 11.9 Å². The van der Waals surface area contributed by atoms with Gasteiger partial charge in [0, 0.05) is 13.1 Å². The number of hydrogen-bond donors (Lipinski definition) is 1. The normalized spacial score (nSPS) is 21.6. The van der Waals surface area contributed by atoms with Crippen molar-refractivity contribution < 1.29 is 19.4 Å². The van der Waals surface area contributed by atoms with Gasteiger partial charge in [-0.15, -0.1) is 0 Å². The van der Waals surface area contributed by atoms with Crippen LogP contribution in [0.4, 0.5) is 0 Å². The van der Waals surface area contributed by atoms with Gasteiger partial charge in [0.1, 0.15) is 13.2 Å². The zero-order valence-electron chi connectivity index (χ0n) is 9.65. The molecule has 0 aliphatic carbocycles. The predicted molar refractivity (Wildman–Crippen MR) is 58.0 cm³/mol. The Hall–Kier alpha value is -1.10. The van der Waals surface area contributed by atoms with Gasteiger partial charge in [0.15, 0.2) is 0 Å². The third-order valence-corrected chi connectivity index (χ3v) is 2.82. The lowest BCUT2D eigenvalue weighted by molar-refractivity contribution is -0.145. The van der Waals surface area contributed by atoms with Crippen molar-refractivity contribution in [2.24, 2.45) is 5.92 Å². The molecule has 1 aliphatic heterocycles. The first-order valence-electron chi connectivity index (χ1n) is 5.67. The first-order valence-corrected chi connectivity index (χ1v) is 5.67. The highest BCUT2D eigenvalue weighted by molar-refractivity contribution is 5.78. The number of hydrogen-bond acceptors (Lipinski definition) is 3. The van der Waals surface area contributed by atoms with Crippen molar-refractivity contribution in [1.29, 1.82) is 0 Å². The molecule has 0 aromatic carbocycles. The summed E-state index contributed by atoms with van der Waals surface area (Å²) in [6.07, 6.45) is 3.19. The van der Waals surface area contributed by atoms with Gasteiger partial charge < -0.3 is 14.7 Å². The number of nitrogens with zero attached hydrogens (tertiary/aromatic N) is 1. The van der Waals surface area contributed by atoms with Crippen LogP contribution in [0.5, 0.6) is 0 Å². The van der Waals surface area contributed by atoms with Crippen molar-refractivity contribution in [3.63, 3.8) is 0 Å². The molecule has 92 valence electrons. The SMILES string of the molecule is CC1CCCN(C(=O)COCC(=O)O)CC1. The van der Waals surface area contributed by atoms with E-state index in [0.29, 0.717) is 5.92 Å². The Morgan fingerprint density at radius 2 is 2.06 bits per heavy atom. The molecule has 1 rings (SSSR count). The third kappa shape index (κ3) is 4.61. The van der Waals surface area contributed by atoms with Crippen molar-refractivity contribution in [2.45, 2.75) is 26.2 Å². The van der Waals surface area contributed by atoms with Gasteiger partial charge in [0.05, 0.1) is 0 Å². The Kier molecular flexibility index (Phi) is 5.25. The van der Waals surface area contributed by atoms with E-state index < -0.39 is 12.6 Å². The molecule has 0 aromatic heterocycles. The van der Waals surface area contributed by atoms with Crippen LogP contribution in [-0.4, -0.2) is 48.2 Å². The van der Waals surface area contributed by atoms with Crippen LogP contribution in [0.15, 0.2) is 0 Å². The molecule has 0 aromatic rings. The molecule has 5 heteroatoms. The van der Waals surface area contributed by atoms with Gasteiger partial charge in [0.25, 0.3) is 0 Å². The molecule has 1 heterocycles. The summed E-state index contributed by atoms with van der Waals surface area (Å²) in [5.41, 5.74) is 0. The molecule has 1 fully saturated rings. The highest BCUT2D eigenvalue weighted by atomic mass is 16.5. The van der Waals surface area contributed by atoms with E-state index in [-0.39, 0.29) is 12.5 Å². The molecule has 1 unspecified atom stereocenters. The van der Waals surface area contributed by atoms with Crippen LogP contribution >= 0.6 is 0 Å². The van der Waals surface area contributed by atoms with Crippen molar-refractivity contribution in [1.82, 2.24) is 4.90 Å². The lowest BCUT2D eigenvalue weighted by Crippen LogP contribution is -2.35. The van der Waals surface area contributed by atoms with Gasteiger partial charge in [-0.25, -0.2) is 4.79 Å². The molecule has 5 nitrogen and oxygen atoms in total. The number of likely N-dealkylation sites (tertiary alicyclic amines) is 1. The molecular weight excluding hydrogens is 210 g/mol. The van der Waals surface area contributed by atoms with Crippen molar-refractivity contribution in [3.05, 3.63) is 0 Å². The van der Waals surface area contributed by atoms with Crippen LogP contribution in [0.3, 0.4) is 0 Å². The predicted octanol–water partition coefficient (Wildman–Crippen LogP) is 0.736. The molecule has 0 spiro atoms. The minimum atomic E-state index is -1.04. The standard InChI is InChI=1S/C11H19NO4/c1-9-3-2-5-12(6-4-9)10(13)7-16-8-11(14)15/h9H,2-8H2,1H3,(H,14,15). The first-order chi connectivity index (χ1) is 7.59. The van der Waals surface area contributed by atoms with E-state index in [1.807, 2.05) is 0 Å². The molecule has 0 radical (unpaired) electrons. The molecular formula is C11H19NO4. The van der Waals surface area contributed by atoms with E-state index in [4.69, 9.17) is 9.84 Å². The number of carbonyl (C=O) groups excluding carboxylic acids is 1. The third-order valence-electron chi connectivity index (χ3n) is 2.82. The van der Waals surface area contributed by atoms with E-state index in [2.05, 4.69) is 6.92 Å². The Balaban J connectivity index is 2.27. The van der Waals surface area contributed by atoms with Gasteiger partial charge in [-0.3, -0.25) is 4.79 Å². The average molecular weight is 229 g/mol. The largest absolute Gasteiger partial charge is 0.480 e. The highest BCUT2D eigenvalue weighted by Crippen LogP contribution is 2.16. The Bertz CT molecular complexity index is 254. The van der Waals surface area contributed by atoms with E-state index >= 15 is 0 Å². The lowest BCUT2D eigenvalue weighted by atomic mass is 10.0. The van der Waals surface area contributed by atoms with Gasteiger partial charge >= 0.3 is 5.97 Å². The summed E-state index contributed by atoms with van der Waals surface area (Å²) >= 11 is 0. The number of rotatable bonds is 4. The second-order valence-electron chi connectivity index (χ2n) is 4.30. The zero-order valence-corrected chi connectivity index (χ0v) is 9.65. The van der Waals surface area contributed by atoms with Crippen molar-refractivity contribution in [2.75, 3.05) is 26.3 Å². The van der Waals surface area contributed by atoms with Crippen LogP contribution in [0.25, 0.3) is 0 Å². The first kappa shape index (κ1) is 13.0. The fraction of sp³-hybridized carbons (Fsp3) is 0.818. The number of carboxylic acids is 1. The highest BCUT2D eigenvalue weighted by Gasteiger charge is 2.18. The number of aliphatic carboxylic acids is 1. The van der Waals surface area contributed by atoms with Crippen LogP contribution in [0.2, 0.25) is 0 Å². The van der Waals surface area contributed by atoms with Gasteiger partial charge in [-0.2, -0.15) is 0 Å². The fourth-order valence-electron chi connectivity index (χ4n) is 1.83. The molecule has 1 saturated heterocycles. The summed E-state index contributed by atoms with van der Waals surface area (Å²) in [7, 11) is 0. The Morgan fingerprint density at radius 1 is 1.31 bits per heavy atom. The summed E-state index contributed by atoms with van der Waals surface area (Å²) in [4.78, 5) is 23.6. The molecule has 1 aliphatic rings. The monoisotopic (exact) mass is 229 g/mol.